The number of esters is 1. The largest absolute Gasteiger partial charge is 0.472 e. The van der Waals surface area contributed by atoms with E-state index >= 15 is 0 Å². The van der Waals surface area contributed by atoms with E-state index in [0.717, 1.165) is 32.1 Å². The maximum Gasteiger partial charge on any atom is 0.472 e. The van der Waals surface area contributed by atoms with E-state index < -0.39 is 33.2 Å². The number of phosphoric acid groups is 1. The van der Waals surface area contributed by atoms with Gasteiger partial charge >= 0.3 is 13.8 Å². The molecular formula is C32H65O9P. The Morgan fingerprint density at radius 2 is 1.07 bits per heavy atom. The lowest BCUT2D eigenvalue weighted by molar-refractivity contribution is -0.154. The molecule has 0 aliphatic heterocycles. The van der Waals surface area contributed by atoms with Gasteiger partial charge in [-0.25, -0.2) is 4.57 Å². The highest BCUT2D eigenvalue weighted by atomic mass is 31.2. The molecule has 0 aromatic carbocycles. The van der Waals surface area contributed by atoms with Crippen LogP contribution in [0.2, 0.25) is 0 Å². The minimum absolute atomic E-state index is 0.0560. The number of hydrogen-bond acceptors (Lipinski definition) is 8. The summed E-state index contributed by atoms with van der Waals surface area (Å²) in [7, 11) is -4.49. The fourth-order valence-electron chi connectivity index (χ4n) is 4.65. The molecule has 42 heavy (non-hydrogen) atoms. The van der Waals surface area contributed by atoms with Crippen molar-refractivity contribution in [3.8, 4) is 0 Å². The van der Waals surface area contributed by atoms with E-state index in [9.17, 15) is 19.4 Å². The van der Waals surface area contributed by atoms with Crippen molar-refractivity contribution in [3.63, 3.8) is 0 Å². The molecule has 0 rings (SSSR count). The lowest BCUT2D eigenvalue weighted by Crippen LogP contribution is -2.29. The number of aliphatic hydroxyl groups is 2. The van der Waals surface area contributed by atoms with Gasteiger partial charge in [-0.15, -0.1) is 0 Å². The van der Waals surface area contributed by atoms with Crippen molar-refractivity contribution < 1.29 is 43.0 Å². The second-order valence-corrected chi connectivity index (χ2v) is 13.0. The number of aliphatic hydroxyl groups excluding tert-OH is 2. The van der Waals surface area contributed by atoms with E-state index in [1.165, 1.54) is 103 Å². The van der Waals surface area contributed by atoms with Crippen LogP contribution in [-0.2, 0) is 27.9 Å². The summed E-state index contributed by atoms with van der Waals surface area (Å²) in [6, 6.07) is 0. The third kappa shape index (κ3) is 29.5. The summed E-state index contributed by atoms with van der Waals surface area (Å²) >= 11 is 0. The first kappa shape index (κ1) is 41.5. The topological polar surface area (TPSA) is 132 Å². The number of phosphoric ester groups is 1. The molecule has 0 saturated heterocycles. The van der Waals surface area contributed by atoms with Gasteiger partial charge in [0.2, 0.25) is 0 Å². The minimum atomic E-state index is -4.49. The predicted octanol–water partition coefficient (Wildman–Crippen LogP) is 8.02. The van der Waals surface area contributed by atoms with E-state index in [-0.39, 0.29) is 25.6 Å². The Hall–Kier alpha value is -0.540. The number of carbonyl (C=O) groups is 1. The Kier molecular flexibility index (Phi) is 30.1. The molecule has 0 aromatic rings. The van der Waals surface area contributed by atoms with Gasteiger partial charge in [-0.2, -0.15) is 0 Å². The molecule has 9 nitrogen and oxygen atoms in total. The van der Waals surface area contributed by atoms with Crippen LogP contribution in [0.25, 0.3) is 0 Å². The number of hydrogen-bond donors (Lipinski definition) is 3. The van der Waals surface area contributed by atoms with Crippen LogP contribution in [0.3, 0.4) is 0 Å². The molecule has 3 atom stereocenters. The summed E-state index contributed by atoms with van der Waals surface area (Å²) in [6.07, 6.45) is 23.5. The monoisotopic (exact) mass is 624 g/mol. The molecule has 0 saturated carbocycles. The van der Waals surface area contributed by atoms with Crippen molar-refractivity contribution in [2.75, 3.05) is 33.0 Å². The van der Waals surface area contributed by atoms with Crippen LogP contribution in [0, 0.1) is 0 Å². The summed E-state index contributed by atoms with van der Waals surface area (Å²) in [6.45, 7) is 3.50. The normalized spacial score (nSPS) is 14.5. The van der Waals surface area contributed by atoms with E-state index in [0.29, 0.717) is 6.61 Å². The van der Waals surface area contributed by atoms with Crippen molar-refractivity contribution in [2.24, 2.45) is 0 Å². The van der Waals surface area contributed by atoms with Crippen molar-refractivity contribution in [1.29, 1.82) is 0 Å². The van der Waals surface area contributed by atoms with Gasteiger partial charge in [-0.3, -0.25) is 13.8 Å². The van der Waals surface area contributed by atoms with Gasteiger partial charge in [0.15, 0.2) is 0 Å². The van der Waals surface area contributed by atoms with Crippen LogP contribution < -0.4 is 0 Å². The molecule has 0 aliphatic carbocycles. The molecule has 3 N–H and O–H groups in total. The average Bonchev–Trinajstić information content (AvgIpc) is 2.97. The molecule has 0 aromatic heterocycles. The Morgan fingerprint density at radius 1 is 0.643 bits per heavy atom. The van der Waals surface area contributed by atoms with Crippen LogP contribution in [0.15, 0.2) is 0 Å². The number of unbranched alkanes of at least 4 members (excludes halogenated alkanes) is 19. The zero-order valence-electron chi connectivity index (χ0n) is 27.0. The van der Waals surface area contributed by atoms with E-state index in [4.69, 9.17) is 23.6 Å². The van der Waals surface area contributed by atoms with Crippen LogP contribution in [0.4, 0.5) is 0 Å². The van der Waals surface area contributed by atoms with E-state index in [1.807, 2.05) is 0 Å². The maximum atomic E-state index is 12.5. The molecule has 0 spiro atoms. The Balaban J connectivity index is 4.26. The second kappa shape index (κ2) is 30.5. The minimum Gasteiger partial charge on any atom is -0.457 e. The summed E-state index contributed by atoms with van der Waals surface area (Å²) in [5.41, 5.74) is 0. The first-order valence-electron chi connectivity index (χ1n) is 17.0. The molecule has 0 amide bonds. The number of carbonyl (C=O) groups excluding carboxylic acids is 1. The molecule has 0 heterocycles. The third-order valence-corrected chi connectivity index (χ3v) is 8.24. The lowest BCUT2D eigenvalue weighted by atomic mass is 10.0. The summed E-state index contributed by atoms with van der Waals surface area (Å²) in [5, 5.41) is 18.2. The average molecular weight is 625 g/mol. The standard InChI is InChI=1S/C32H65O9P/c1-3-5-7-9-11-13-14-15-16-18-20-22-24-32(35)41-31(29-40-42(36,37)39-27-30(34)26-33)28-38-25-23-21-19-17-12-10-8-6-4-2/h30-31,33-34H,3-29H2,1-2H3,(H,36,37). The highest BCUT2D eigenvalue weighted by Gasteiger charge is 2.26. The van der Waals surface area contributed by atoms with Crippen molar-refractivity contribution in [1.82, 2.24) is 0 Å². The van der Waals surface area contributed by atoms with Gasteiger partial charge in [-0.1, -0.05) is 136 Å². The first-order chi connectivity index (χ1) is 20.3. The molecule has 0 radical (unpaired) electrons. The van der Waals surface area contributed by atoms with Gasteiger partial charge in [0.05, 0.1) is 26.4 Å². The Morgan fingerprint density at radius 3 is 1.55 bits per heavy atom. The predicted molar refractivity (Wildman–Crippen MR) is 168 cm³/mol. The van der Waals surface area contributed by atoms with Crippen molar-refractivity contribution in [2.45, 2.75) is 167 Å². The van der Waals surface area contributed by atoms with Gasteiger partial charge in [0, 0.05) is 13.0 Å². The first-order valence-corrected chi connectivity index (χ1v) is 18.5. The summed E-state index contributed by atoms with van der Waals surface area (Å²) in [4.78, 5) is 22.3. The van der Waals surface area contributed by atoms with Gasteiger partial charge < -0.3 is 24.6 Å². The van der Waals surface area contributed by atoms with Crippen LogP contribution in [0.5, 0.6) is 0 Å². The molecule has 10 heteroatoms. The van der Waals surface area contributed by atoms with Gasteiger partial charge in [-0.05, 0) is 12.8 Å². The highest BCUT2D eigenvalue weighted by molar-refractivity contribution is 7.47. The van der Waals surface area contributed by atoms with Crippen LogP contribution in [-0.4, -0.2) is 66.3 Å². The fourth-order valence-corrected chi connectivity index (χ4v) is 5.44. The zero-order chi connectivity index (χ0) is 31.2. The maximum absolute atomic E-state index is 12.5. The molecule has 0 fully saturated rings. The summed E-state index contributed by atoms with van der Waals surface area (Å²) < 4.78 is 33.0. The second-order valence-electron chi connectivity index (χ2n) is 11.6. The molecule has 252 valence electrons. The Bertz CT molecular complexity index is 635. The Labute approximate surface area is 257 Å². The van der Waals surface area contributed by atoms with Gasteiger partial charge in [0.25, 0.3) is 0 Å². The number of rotatable bonds is 33. The fraction of sp³-hybridized carbons (Fsp3) is 0.969. The lowest BCUT2D eigenvalue weighted by Gasteiger charge is -2.20. The van der Waals surface area contributed by atoms with Crippen molar-refractivity contribution in [3.05, 3.63) is 0 Å². The van der Waals surface area contributed by atoms with Crippen LogP contribution >= 0.6 is 7.82 Å². The van der Waals surface area contributed by atoms with E-state index in [1.54, 1.807) is 0 Å². The summed E-state index contributed by atoms with van der Waals surface area (Å²) in [5.74, 6) is -0.383. The number of ether oxygens (including phenoxy) is 2. The highest BCUT2D eigenvalue weighted by Crippen LogP contribution is 2.43. The molecule has 0 aliphatic rings. The molecule has 0 bridgehead atoms. The SMILES string of the molecule is CCCCCCCCCCCCCCC(=O)OC(COCCCCCCCCCCC)COP(=O)(O)OCC(O)CO. The van der Waals surface area contributed by atoms with Crippen LogP contribution in [0.1, 0.15) is 155 Å². The van der Waals surface area contributed by atoms with E-state index in [2.05, 4.69) is 13.8 Å². The molecule has 3 unspecified atom stereocenters. The molecular weight excluding hydrogens is 559 g/mol. The quantitative estimate of drug-likeness (QED) is 0.0377. The van der Waals surface area contributed by atoms with Gasteiger partial charge in [0.1, 0.15) is 12.2 Å². The third-order valence-electron chi connectivity index (χ3n) is 7.29. The smallest absolute Gasteiger partial charge is 0.457 e. The zero-order valence-corrected chi connectivity index (χ0v) is 27.9. The van der Waals surface area contributed by atoms with Crippen molar-refractivity contribution >= 4 is 13.8 Å².